The number of carbonyl (C=O) groups is 1. The molecule has 0 aliphatic heterocycles. The maximum atomic E-state index is 9.45. The van der Waals surface area contributed by atoms with Crippen LogP contribution >= 0.6 is 0 Å². The van der Waals surface area contributed by atoms with E-state index < -0.39 is 12.1 Å². The number of carboxylic acids is 1. The van der Waals surface area contributed by atoms with Gasteiger partial charge in [0.1, 0.15) is 6.10 Å². The van der Waals surface area contributed by atoms with Gasteiger partial charge in [-0.1, -0.05) is 0 Å². The molecule has 0 rings (SSSR count). The molecule has 0 aliphatic carbocycles. The standard InChI is InChI=1S/C3H6O3.C2H8N2/c1-2(4)3(5)6;3-1-2-4/h2,4H,1H3,(H,5,6);1-4H2. The van der Waals surface area contributed by atoms with Crippen molar-refractivity contribution in [1.29, 1.82) is 0 Å². The summed E-state index contributed by atoms with van der Waals surface area (Å²) in [5, 5.41) is 15.8. The van der Waals surface area contributed by atoms with E-state index in [1.807, 2.05) is 0 Å². The number of hydrogen-bond acceptors (Lipinski definition) is 4. The Morgan fingerprint density at radius 1 is 1.50 bits per heavy atom. The van der Waals surface area contributed by atoms with Gasteiger partial charge in [0.15, 0.2) is 0 Å². The molecule has 0 heterocycles. The van der Waals surface area contributed by atoms with Crippen LogP contribution in [-0.2, 0) is 4.79 Å². The van der Waals surface area contributed by atoms with Crippen LogP contribution in [0, 0.1) is 0 Å². The van der Waals surface area contributed by atoms with Gasteiger partial charge in [-0.2, -0.15) is 0 Å². The van der Waals surface area contributed by atoms with E-state index in [1.165, 1.54) is 6.92 Å². The lowest BCUT2D eigenvalue weighted by Gasteiger charge is -1.89. The van der Waals surface area contributed by atoms with Gasteiger partial charge >= 0.3 is 5.97 Å². The Bertz CT molecular complexity index is 83.0. The minimum absolute atomic E-state index is 0.597. The second-order valence-corrected chi connectivity index (χ2v) is 1.59. The molecular weight excluding hydrogens is 136 g/mol. The largest absolute Gasteiger partial charge is 0.479 e. The van der Waals surface area contributed by atoms with Crippen LogP contribution < -0.4 is 11.5 Å². The monoisotopic (exact) mass is 150 g/mol. The Hall–Kier alpha value is -0.650. The number of aliphatic hydroxyl groups excluding tert-OH is 1. The maximum absolute atomic E-state index is 9.45. The van der Waals surface area contributed by atoms with E-state index >= 15 is 0 Å². The molecule has 0 aromatic rings. The van der Waals surface area contributed by atoms with Crippen molar-refractivity contribution in [1.82, 2.24) is 0 Å². The van der Waals surface area contributed by atoms with Gasteiger partial charge in [0, 0.05) is 13.1 Å². The molecule has 0 radical (unpaired) electrons. The summed E-state index contributed by atoms with van der Waals surface area (Å²) in [6, 6.07) is 0. The second-order valence-electron chi connectivity index (χ2n) is 1.59. The normalized spacial score (nSPS) is 11.2. The summed E-state index contributed by atoms with van der Waals surface area (Å²) in [5.41, 5.74) is 9.81. The Labute approximate surface area is 59.6 Å². The lowest BCUT2D eigenvalue weighted by atomic mass is 10.4. The Morgan fingerprint density at radius 2 is 1.70 bits per heavy atom. The van der Waals surface area contributed by atoms with Crippen molar-refractivity contribution in [3.05, 3.63) is 0 Å². The fourth-order valence-electron chi connectivity index (χ4n) is 0. The first-order chi connectivity index (χ1) is 4.56. The number of hydrogen-bond donors (Lipinski definition) is 4. The van der Waals surface area contributed by atoms with Gasteiger partial charge in [0.2, 0.25) is 0 Å². The van der Waals surface area contributed by atoms with E-state index in [1.54, 1.807) is 0 Å². The minimum atomic E-state index is -1.23. The summed E-state index contributed by atoms with van der Waals surface area (Å²) in [6.07, 6.45) is -1.23. The summed E-state index contributed by atoms with van der Waals surface area (Å²) in [6.45, 7) is 2.39. The number of aliphatic carboxylic acids is 1. The third kappa shape index (κ3) is 15.7. The minimum Gasteiger partial charge on any atom is -0.479 e. The van der Waals surface area contributed by atoms with Gasteiger partial charge in [0.25, 0.3) is 0 Å². The summed E-state index contributed by atoms with van der Waals surface area (Å²) in [5.74, 6) is -1.19. The number of nitrogens with two attached hydrogens (primary N) is 2. The zero-order valence-corrected chi connectivity index (χ0v) is 5.95. The lowest BCUT2D eigenvalue weighted by molar-refractivity contribution is -0.145. The topological polar surface area (TPSA) is 110 Å². The Kier molecular flexibility index (Phi) is 10.1. The van der Waals surface area contributed by atoms with Crippen molar-refractivity contribution in [3.63, 3.8) is 0 Å². The van der Waals surface area contributed by atoms with Gasteiger partial charge in [-0.3, -0.25) is 0 Å². The van der Waals surface area contributed by atoms with Crippen LogP contribution in [0.15, 0.2) is 0 Å². The molecule has 0 spiro atoms. The SMILES string of the molecule is CC(O)C(=O)O.NCCN. The molecule has 62 valence electrons. The van der Waals surface area contributed by atoms with Crippen LogP contribution in [-0.4, -0.2) is 35.4 Å². The average molecular weight is 150 g/mol. The van der Waals surface area contributed by atoms with Crippen molar-refractivity contribution in [2.24, 2.45) is 11.5 Å². The number of aliphatic hydroxyl groups is 1. The molecule has 5 heteroatoms. The number of carboxylic acid groups (broad SMARTS) is 1. The van der Waals surface area contributed by atoms with Crippen molar-refractivity contribution in [3.8, 4) is 0 Å². The highest BCUT2D eigenvalue weighted by Crippen LogP contribution is 1.73. The molecule has 10 heavy (non-hydrogen) atoms. The molecule has 0 aromatic carbocycles. The van der Waals surface area contributed by atoms with E-state index in [0.29, 0.717) is 13.1 Å². The third-order valence-electron chi connectivity index (χ3n) is 0.524. The summed E-state index contributed by atoms with van der Waals surface area (Å²) >= 11 is 0. The molecule has 0 saturated heterocycles. The average Bonchev–Trinajstić information content (AvgIpc) is 1.89. The van der Waals surface area contributed by atoms with Gasteiger partial charge < -0.3 is 21.7 Å². The van der Waals surface area contributed by atoms with Crippen LogP contribution in [0.2, 0.25) is 0 Å². The molecule has 6 N–H and O–H groups in total. The fourth-order valence-corrected chi connectivity index (χ4v) is 0. The highest BCUT2D eigenvalue weighted by atomic mass is 16.4. The highest BCUT2D eigenvalue weighted by molar-refractivity contribution is 5.71. The van der Waals surface area contributed by atoms with Crippen molar-refractivity contribution >= 4 is 5.97 Å². The Morgan fingerprint density at radius 3 is 1.70 bits per heavy atom. The van der Waals surface area contributed by atoms with Gasteiger partial charge in [-0.25, -0.2) is 4.79 Å². The summed E-state index contributed by atoms with van der Waals surface area (Å²) < 4.78 is 0. The zero-order chi connectivity index (χ0) is 8.57. The predicted octanol–water partition coefficient (Wildman–Crippen LogP) is -1.64. The first-order valence-corrected chi connectivity index (χ1v) is 2.87. The molecule has 0 bridgehead atoms. The van der Waals surface area contributed by atoms with Crippen LogP contribution in [0.1, 0.15) is 6.92 Å². The first kappa shape index (κ1) is 12.1. The maximum Gasteiger partial charge on any atom is 0.332 e. The predicted molar refractivity (Wildman–Crippen MR) is 37.4 cm³/mol. The molecule has 0 saturated carbocycles. The number of rotatable bonds is 2. The van der Waals surface area contributed by atoms with E-state index in [9.17, 15) is 4.79 Å². The first-order valence-electron chi connectivity index (χ1n) is 2.87. The van der Waals surface area contributed by atoms with Gasteiger partial charge in [-0.15, -0.1) is 0 Å². The molecule has 5 nitrogen and oxygen atoms in total. The second kappa shape index (κ2) is 8.35. The molecular formula is C5H14N2O3. The van der Waals surface area contributed by atoms with Crippen LogP contribution in [0.4, 0.5) is 0 Å². The molecule has 1 unspecified atom stereocenters. The van der Waals surface area contributed by atoms with Gasteiger partial charge in [0.05, 0.1) is 0 Å². The molecule has 0 aliphatic rings. The van der Waals surface area contributed by atoms with Crippen LogP contribution in [0.5, 0.6) is 0 Å². The molecule has 0 fully saturated rings. The van der Waals surface area contributed by atoms with Crippen molar-refractivity contribution < 1.29 is 15.0 Å². The summed E-state index contributed by atoms with van der Waals surface area (Å²) in [7, 11) is 0. The summed E-state index contributed by atoms with van der Waals surface area (Å²) in [4.78, 5) is 9.45. The van der Waals surface area contributed by atoms with Crippen molar-refractivity contribution in [2.45, 2.75) is 13.0 Å². The smallest absolute Gasteiger partial charge is 0.332 e. The van der Waals surface area contributed by atoms with E-state index in [0.717, 1.165) is 0 Å². The fraction of sp³-hybridized carbons (Fsp3) is 0.800. The van der Waals surface area contributed by atoms with Gasteiger partial charge in [-0.05, 0) is 6.92 Å². The highest BCUT2D eigenvalue weighted by Gasteiger charge is 2.01. The quantitative estimate of drug-likeness (QED) is 0.377. The molecule has 1 atom stereocenters. The third-order valence-corrected chi connectivity index (χ3v) is 0.524. The van der Waals surface area contributed by atoms with E-state index in [4.69, 9.17) is 21.7 Å². The van der Waals surface area contributed by atoms with E-state index in [-0.39, 0.29) is 0 Å². The van der Waals surface area contributed by atoms with Crippen LogP contribution in [0.25, 0.3) is 0 Å². The Balaban J connectivity index is 0. The van der Waals surface area contributed by atoms with Crippen LogP contribution in [0.3, 0.4) is 0 Å². The molecule has 0 amide bonds. The molecule has 0 aromatic heterocycles. The van der Waals surface area contributed by atoms with Crippen molar-refractivity contribution in [2.75, 3.05) is 13.1 Å². The lowest BCUT2D eigenvalue weighted by Crippen LogP contribution is -2.13. The zero-order valence-electron chi connectivity index (χ0n) is 5.95. The van der Waals surface area contributed by atoms with E-state index in [2.05, 4.69) is 0 Å².